The Labute approximate surface area is 140 Å². The molecule has 0 saturated carbocycles. The van der Waals surface area contributed by atoms with Crippen molar-refractivity contribution >= 4 is 17.6 Å². The summed E-state index contributed by atoms with van der Waals surface area (Å²) in [6.07, 6.45) is 4.11. The second-order valence-corrected chi connectivity index (χ2v) is 7.25. The van der Waals surface area contributed by atoms with E-state index in [0.29, 0.717) is 12.3 Å². The van der Waals surface area contributed by atoms with Gasteiger partial charge in [-0.2, -0.15) is 0 Å². The van der Waals surface area contributed by atoms with Gasteiger partial charge >= 0.3 is 0 Å². The van der Waals surface area contributed by atoms with Crippen LogP contribution < -0.4 is 0 Å². The first-order chi connectivity index (χ1) is 10.7. The summed E-state index contributed by atoms with van der Waals surface area (Å²) in [4.78, 5) is 40.1. The molecule has 1 saturated heterocycles. The van der Waals surface area contributed by atoms with Crippen LogP contribution in [0.3, 0.4) is 0 Å². The van der Waals surface area contributed by atoms with Crippen molar-refractivity contribution in [1.82, 2.24) is 9.80 Å². The van der Waals surface area contributed by atoms with Gasteiger partial charge in [-0.15, -0.1) is 0 Å². The molecule has 0 aromatic heterocycles. The third kappa shape index (κ3) is 5.96. The van der Waals surface area contributed by atoms with Crippen LogP contribution in [0.25, 0.3) is 0 Å². The molecule has 5 nitrogen and oxygen atoms in total. The number of carbonyl (C=O) groups excluding carboxylic acids is 3. The molecule has 1 aliphatic heterocycles. The van der Waals surface area contributed by atoms with E-state index < -0.39 is 0 Å². The summed E-state index contributed by atoms with van der Waals surface area (Å²) >= 11 is 0. The van der Waals surface area contributed by atoms with Crippen molar-refractivity contribution in [3.05, 3.63) is 0 Å². The first kappa shape index (κ1) is 19.7. The lowest BCUT2D eigenvalue weighted by molar-refractivity contribution is -0.143. The lowest BCUT2D eigenvalue weighted by atomic mass is 9.98. The fourth-order valence-electron chi connectivity index (χ4n) is 3.14. The van der Waals surface area contributed by atoms with Crippen molar-refractivity contribution in [2.24, 2.45) is 11.8 Å². The zero-order valence-electron chi connectivity index (χ0n) is 15.3. The van der Waals surface area contributed by atoms with Crippen LogP contribution in [-0.4, -0.2) is 53.6 Å². The predicted octanol–water partition coefficient (Wildman–Crippen LogP) is 2.49. The van der Waals surface area contributed by atoms with Crippen LogP contribution in [0.4, 0.5) is 0 Å². The number of amides is 2. The highest BCUT2D eigenvalue weighted by Gasteiger charge is 2.29. The van der Waals surface area contributed by atoms with E-state index in [1.165, 1.54) is 18.2 Å². The summed E-state index contributed by atoms with van der Waals surface area (Å²) in [5.41, 5.74) is 0. The number of ketones is 1. The molecular weight excluding hydrogens is 292 g/mol. The summed E-state index contributed by atoms with van der Waals surface area (Å²) in [7, 11) is 1.68. The Hall–Kier alpha value is -1.39. The molecule has 0 unspecified atom stereocenters. The molecule has 5 heteroatoms. The van der Waals surface area contributed by atoms with Crippen LogP contribution in [-0.2, 0) is 14.4 Å². The monoisotopic (exact) mass is 324 g/mol. The Morgan fingerprint density at radius 2 is 1.61 bits per heavy atom. The minimum Gasteiger partial charge on any atom is -0.342 e. The van der Waals surface area contributed by atoms with Gasteiger partial charge in [0.15, 0.2) is 5.78 Å². The molecule has 1 rings (SSSR count). The molecule has 0 aliphatic carbocycles. The summed E-state index contributed by atoms with van der Waals surface area (Å²) in [6.45, 7) is 9.02. The van der Waals surface area contributed by atoms with E-state index in [1.54, 1.807) is 7.05 Å². The normalized spacial score (nSPS) is 17.7. The molecule has 0 N–H and O–H groups in total. The van der Waals surface area contributed by atoms with Gasteiger partial charge in [0.05, 0.1) is 6.04 Å². The lowest BCUT2D eigenvalue weighted by Gasteiger charge is -2.31. The average Bonchev–Trinajstić information content (AvgIpc) is 2.51. The molecule has 0 bridgehead atoms. The number of carbonyl (C=O) groups is 3. The quantitative estimate of drug-likeness (QED) is 0.723. The van der Waals surface area contributed by atoms with E-state index in [1.807, 2.05) is 25.7 Å². The molecule has 0 radical (unpaired) electrons. The number of rotatable bonds is 7. The Morgan fingerprint density at radius 3 is 2.09 bits per heavy atom. The molecule has 0 spiro atoms. The van der Waals surface area contributed by atoms with Gasteiger partial charge in [0.25, 0.3) is 0 Å². The highest BCUT2D eigenvalue weighted by molar-refractivity contribution is 5.90. The SMILES string of the molecule is CC(=O)[C@H](CC(C)C)N(C)C(=O)C[C@H](C)C(=O)N1CCCCC1. The Kier molecular flexibility index (Phi) is 7.73. The number of hydrogen-bond donors (Lipinski definition) is 0. The van der Waals surface area contributed by atoms with Gasteiger partial charge in [-0.1, -0.05) is 20.8 Å². The predicted molar refractivity (Wildman–Crippen MR) is 90.9 cm³/mol. The maximum Gasteiger partial charge on any atom is 0.225 e. The van der Waals surface area contributed by atoms with E-state index in [9.17, 15) is 14.4 Å². The van der Waals surface area contributed by atoms with Crippen molar-refractivity contribution in [1.29, 1.82) is 0 Å². The first-order valence-electron chi connectivity index (χ1n) is 8.79. The molecule has 1 aliphatic rings. The van der Waals surface area contributed by atoms with E-state index in [4.69, 9.17) is 0 Å². The second-order valence-electron chi connectivity index (χ2n) is 7.25. The average molecular weight is 324 g/mol. The smallest absolute Gasteiger partial charge is 0.225 e. The zero-order valence-corrected chi connectivity index (χ0v) is 15.3. The molecule has 0 aromatic rings. The summed E-state index contributed by atoms with van der Waals surface area (Å²) < 4.78 is 0. The van der Waals surface area contributed by atoms with Crippen molar-refractivity contribution in [2.75, 3.05) is 20.1 Å². The van der Waals surface area contributed by atoms with Crippen molar-refractivity contribution in [3.63, 3.8) is 0 Å². The van der Waals surface area contributed by atoms with Crippen molar-refractivity contribution in [2.45, 2.75) is 65.8 Å². The number of likely N-dealkylation sites (N-methyl/N-ethyl adjacent to an activating group) is 1. The van der Waals surface area contributed by atoms with Gasteiger partial charge in [-0.3, -0.25) is 14.4 Å². The van der Waals surface area contributed by atoms with Gasteiger partial charge < -0.3 is 9.80 Å². The maximum atomic E-state index is 12.5. The van der Waals surface area contributed by atoms with Gasteiger partial charge in [-0.05, 0) is 38.5 Å². The second kappa shape index (κ2) is 9.04. The molecule has 1 heterocycles. The highest BCUT2D eigenvalue weighted by Crippen LogP contribution is 2.17. The standard InChI is InChI=1S/C18H32N2O3/c1-13(2)11-16(15(4)21)19(5)17(22)12-14(3)18(23)20-9-7-6-8-10-20/h13-14,16H,6-12H2,1-5H3/t14-,16-/m0/s1. The minimum atomic E-state index is -0.389. The summed E-state index contributed by atoms with van der Waals surface area (Å²) in [5, 5.41) is 0. The zero-order chi connectivity index (χ0) is 17.6. The topological polar surface area (TPSA) is 57.7 Å². The third-order valence-electron chi connectivity index (χ3n) is 4.59. The largest absolute Gasteiger partial charge is 0.342 e. The van der Waals surface area contributed by atoms with Crippen molar-refractivity contribution in [3.8, 4) is 0 Å². The number of Topliss-reactive ketones (excluding diaryl/α,β-unsaturated/α-hetero) is 1. The minimum absolute atomic E-state index is 0.00422. The summed E-state index contributed by atoms with van der Waals surface area (Å²) in [5.74, 6) is -0.0378. The molecular formula is C18H32N2O3. The molecule has 1 fully saturated rings. The number of piperidine rings is 1. The van der Waals surface area contributed by atoms with Crippen molar-refractivity contribution < 1.29 is 14.4 Å². The fourth-order valence-corrected chi connectivity index (χ4v) is 3.14. The summed E-state index contributed by atoms with van der Waals surface area (Å²) in [6, 6.07) is -0.389. The van der Waals surface area contributed by atoms with E-state index in [2.05, 4.69) is 0 Å². The fraction of sp³-hybridized carbons (Fsp3) is 0.833. The number of hydrogen-bond acceptors (Lipinski definition) is 3. The van der Waals surface area contributed by atoms with Crippen LogP contribution in [0, 0.1) is 11.8 Å². The lowest BCUT2D eigenvalue weighted by Crippen LogP contribution is -2.44. The van der Waals surface area contributed by atoms with Crippen LogP contribution in [0.5, 0.6) is 0 Å². The highest BCUT2D eigenvalue weighted by atomic mass is 16.2. The van der Waals surface area contributed by atoms with Gasteiger partial charge in [0.1, 0.15) is 0 Å². The Morgan fingerprint density at radius 1 is 1.04 bits per heavy atom. The van der Waals surface area contributed by atoms with Gasteiger partial charge in [0.2, 0.25) is 11.8 Å². The molecule has 0 aromatic carbocycles. The number of nitrogens with zero attached hydrogens (tertiary/aromatic N) is 2. The van der Waals surface area contributed by atoms with Crippen LogP contribution in [0.2, 0.25) is 0 Å². The van der Waals surface area contributed by atoms with E-state index >= 15 is 0 Å². The molecule has 132 valence electrons. The number of likely N-dealkylation sites (tertiary alicyclic amines) is 1. The molecule has 2 atom stereocenters. The maximum absolute atomic E-state index is 12.5. The Balaban J connectivity index is 2.61. The van der Waals surface area contributed by atoms with E-state index in [0.717, 1.165) is 25.9 Å². The van der Waals surface area contributed by atoms with Gasteiger partial charge in [-0.25, -0.2) is 0 Å². The Bertz CT molecular complexity index is 428. The van der Waals surface area contributed by atoms with Crippen LogP contribution in [0.1, 0.15) is 59.8 Å². The molecule has 2 amide bonds. The van der Waals surface area contributed by atoms with Gasteiger partial charge in [0, 0.05) is 32.5 Å². The van der Waals surface area contributed by atoms with Crippen LogP contribution in [0.15, 0.2) is 0 Å². The first-order valence-corrected chi connectivity index (χ1v) is 8.79. The van der Waals surface area contributed by atoms with Crippen LogP contribution >= 0.6 is 0 Å². The van der Waals surface area contributed by atoms with E-state index in [-0.39, 0.29) is 36.0 Å². The third-order valence-corrected chi connectivity index (χ3v) is 4.59. The molecule has 23 heavy (non-hydrogen) atoms.